The summed E-state index contributed by atoms with van der Waals surface area (Å²) in [5.74, 6) is 0.814. The number of aliphatic imine (C=N–C) groups is 1. The Morgan fingerprint density at radius 3 is 2.40 bits per heavy atom. The Balaban J connectivity index is 2.82. The molecule has 0 atom stereocenters. The lowest BCUT2D eigenvalue weighted by atomic mass is 10.4. The number of nitrogens with zero attached hydrogens (tertiary/aromatic N) is 3. The molecule has 0 saturated heterocycles. The fourth-order valence-electron chi connectivity index (χ4n) is 1.83. The van der Waals surface area contributed by atoms with Gasteiger partial charge >= 0.3 is 0 Å². The van der Waals surface area contributed by atoms with Gasteiger partial charge in [-0.15, -0.1) is 0 Å². The first kappa shape index (κ1) is 21.2. The minimum absolute atomic E-state index is 0.272. The highest BCUT2D eigenvalue weighted by atomic mass is 32.1. The Bertz CT molecular complexity index is 560. The first-order valence-corrected chi connectivity index (χ1v) is 8.12. The largest absolute Gasteiger partial charge is 0.383 e. The minimum atomic E-state index is -0.464. The molecule has 1 rings (SSSR count). The van der Waals surface area contributed by atoms with E-state index in [2.05, 4.69) is 30.9 Å². The first-order valence-electron chi connectivity index (χ1n) is 7.71. The van der Waals surface area contributed by atoms with E-state index >= 15 is 0 Å². The third-order valence-electron chi connectivity index (χ3n) is 2.96. The van der Waals surface area contributed by atoms with E-state index in [0.29, 0.717) is 30.2 Å². The van der Waals surface area contributed by atoms with Crippen LogP contribution in [0.15, 0.2) is 11.1 Å². The summed E-state index contributed by atoms with van der Waals surface area (Å²) in [7, 11) is 4.72. The van der Waals surface area contributed by atoms with Crippen molar-refractivity contribution in [3.05, 3.63) is 17.5 Å². The van der Waals surface area contributed by atoms with Crippen LogP contribution in [0, 0.1) is 13.8 Å². The van der Waals surface area contributed by atoms with Gasteiger partial charge < -0.3 is 24.8 Å². The molecule has 10 heteroatoms. The molecule has 1 aromatic rings. The zero-order valence-corrected chi connectivity index (χ0v) is 16.1. The average molecular weight is 370 g/mol. The van der Waals surface area contributed by atoms with E-state index in [4.69, 9.17) is 26.4 Å². The number of thiocarbonyl (C=S) groups is 1. The van der Waals surface area contributed by atoms with Crippen molar-refractivity contribution < 1.29 is 14.2 Å². The maximum atomic E-state index is 5.25. The molecule has 0 aromatic carbocycles. The predicted molar refractivity (Wildman–Crippen MR) is 101 cm³/mol. The van der Waals surface area contributed by atoms with Gasteiger partial charge in [0.25, 0.3) is 0 Å². The summed E-state index contributed by atoms with van der Waals surface area (Å²) in [5, 5.41) is 9.42. The molecule has 0 spiro atoms. The van der Waals surface area contributed by atoms with Crippen LogP contribution < -0.4 is 16.0 Å². The summed E-state index contributed by atoms with van der Waals surface area (Å²) in [5.41, 5.74) is 1.70. The Morgan fingerprint density at radius 2 is 1.84 bits per heavy atom. The molecular formula is C15H26N6O3S. The number of aryl methyl sites for hydroxylation is 2. The number of nitrogens with one attached hydrogen (secondary N) is 3. The lowest BCUT2D eigenvalue weighted by molar-refractivity contribution is -0.0937. The number of ether oxygens (including phenoxy) is 3. The van der Waals surface area contributed by atoms with E-state index < -0.39 is 6.29 Å². The van der Waals surface area contributed by atoms with Gasteiger partial charge in [-0.1, -0.05) is 0 Å². The maximum Gasteiger partial charge on any atom is 0.229 e. The second kappa shape index (κ2) is 11.6. The molecule has 9 nitrogen and oxygen atoms in total. The normalized spacial score (nSPS) is 11.5. The smallest absolute Gasteiger partial charge is 0.229 e. The lowest BCUT2D eigenvalue weighted by Gasteiger charge is -2.16. The van der Waals surface area contributed by atoms with Crippen molar-refractivity contribution in [3.63, 3.8) is 0 Å². The second-order valence-electron chi connectivity index (χ2n) is 5.06. The molecule has 0 aliphatic heterocycles. The van der Waals surface area contributed by atoms with E-state index in [1.54, 1.807) is 21.3 Å². The Kier molecular flexibility index (Phi) is 9.85. The number of methoxy groups -OCH3 is 3. The van der Waals surface area contributed by atoms with Crippen molar-refractivity contribution in [2.45, 2.75) is 20.1 Å². The van der Waals surface area contributed by atoms with Crippen molar-refractivity contribution in [3.8, 4) is 0 Å². The quantitative estimate of drug-likeness (QED) is 0.199. The van der Waals surface area contributed by atoms with Gasteiger partial charge in [0.15, 0.2) is 11.4 Å². The van der Waals surface area contributed by atoms with Crippen LogP contribution >= 0.6 is 12.2 Å². The van der Waals surface area contributed by atoms with Gasteiger partial charge in [0.05, 0.1) is 13.2 Å². The van der Waals surface area contributed by atoms with Crippen LogP contribution in [-0.4, -0.2) is 68.4 Å². The second-order valence-corrected chi connectivity index (χ2v) is 5.47. The number of hydrogen-bond donors (Lipinski definition) is 3. The first-order chi connectivity index (χ1) is 12.0. The number of hydrogen-bond acceptors (Lipinski definition) is 7. The summed E-state index contributed by atoms with van der Waals surface area (Å²) in [6.45, 7) is 5.18. The van der Waals surface area contributed by atoms with Gasteiger partial charge in [-0.05, 0) is 32.1 Å². The Hall–Kier alpha value is -1.88. The summed E-state index contributed by atoms with van der Waals surface area (Å²) >= 11 is 5.25. The van der Waals surface area contributed by atoms with Gasteiger partial charge in [0, 0.05) is 39.3 Å². The Labute approximate surface area is 153 Å². The molecule has 0 amide bonds. The molecule has 0 radical (unpaired) electrons. The Morgan fingerprint density at radius 1 is 1.20 bits per heavy atom. The van der Waals surface area contributed by atoms with Gasteiger partial charge in [-0.2, -0.15) is 0 Å². The highest BCUT2D eigenvalue weighted by Crippen LogP contribution is 2.03. The van der Waals surface area contributed by atoms with Crippen LogP contribution in [0.2, 0.25) is 0 Å². The third-order valence-corrected chi connectivity index (χ3v) is 3.21. The number of anilines is 1. The lowest BCUT2D eigenvalue weighted by Crippen LogP contribution is -2.44. The summed E-state index contributed by atoms with van der Waals surface area (Å²) in [6.07, 6.45) is -0.464. The third kappa shape index (κ3) is 8.68. The topological polar surface area (TPSA) is 102 Å². The van der Waals surface area contributed by atoms with Crippen LogP contribution in [0.4, 0.5) is 5.95 Å². The number of aromatic nitrogens is 2. The van der Waals surface area contributed by atoms with Crippen molar-refractivity contribution >= 4 is 29.2 Å². The molecule has 0 saturated carbocycles. The summed E-state index contributed by atoms with van der Waals surface area (Å²) in [4.78, 5) is 13.1. The fourth-order valence-corrected chi connectivity index (χ4v) is 2.03. The van der Waals surface area contributed by atoms with Crippen LogP contribution in [-0.2, 0) is 14.2 Å². The highest BCUT2D eigenvalue weighted by molar-refractivity contribution is 7.80. The average Bonchev–Trinajstić information content (AvgIpc) is 2.55. The van der Waals surface area contributed by atoms with Gasteiger partial charge in [-0.25, -0.2) is 15.0 Å². The molecule has 140 valence electrons. The van der Waals surface area contributed by atoms with Crippen molar-refractivity contribution in [2.24, 2.45) is 4.99 Å². The number of rotatable bonds is 8. The molecule has 1 heterocycles. The van der Waals surface area contributed by atoms with E-state index in [9.17, 15) is 0 Å². The summed E-state index contributed by atoms with van der Waals surface area (Å²) in [6, 6.07) is 1.89. The van der Waals surface area contributed by atoms with E-state index in [-0.39, 0.29) is 6.54 Å². The van der Waals surface area contributed by atoms with E-state index in [1.807, 2.05) is 19.9 Å². The zero-order chi connectivity index (χ0) is 18.7. The van der Waals surface area contributed by atoms with Crippen molar-refractivity contribution in [2.75, 3.05) is 46.3 Å². The molecule has 0 fully saturated rings. The number of guanidine groups is 1. The highest BCUT2D eigenvalue weighted by Gasteiger charge is 2.09. The van der Waals surface area contributed by atoms with Crippen molar-refractivity contribution in [1.29, 1.82) is 0 Å². The van der Waals surface area contributed by atoms with Crippen LogP contribution in [0.5, 0.6) is 0 Å². The molecule has 3 N–H and O–H groups in total. The monoisotopic (exact) mass is 370 g/mol. The molecule has 1 aromatic heterocycles. The van der Waals surface area contributed by atoms with Gasteiger partial charge in [-0.3, -0.25) is 5.32 Å². The molecule has 0 bridgehead atoms. The fraction of sp³-hybridized carbons (Fsp3) is 0.600. The predicted octanol–water partition coefficient (Wildman–Crippen LogP) is 0.591. The molecule has 0 aliphatic rings. The summed E-state index contributed by atoms with van der Waals surface area (Å²) < 4.78 is 15.3. The zero-order valence-electron chi connectivity index (χ0n) is 15.3. The molecular weight excluding hydrogens is 344 g/mol. The van der Waals surface area contributed by atoms with E-state index in [1.165, 1.54) is 0 Å². The standard InChI is InChI=1S/C15H26N6O3S/c1-10-8-11(2)19-14(18-10)20-13(17-9-12(23-4)24-5)21-15(25)16-6-7-22-3/h8,12H,6-7,9H2,1-5H3,(H3,16,17,18,19,20,21,25). The SMILES string of the molecule is COCCNC(=S)NC(=NCC(OC)OC)Nc1nc(C)cc(C)n1. The van der Waals surface area contributed by atoms with Crippen LogP contribution in [0.3, 0.4) is 0 Å². The van der Waals surface area contributed by atoms with Gasteiger partial charge in [0.2, 0.25) is 11.9 Å². The van der Waals surface area contributed by atoms with E-state index in [0.717, 1.165) is 11.4 Å². The van der Waals surface area contributed by atoms with Crippen LogP contribution in [0.1, 0.15) is 11.4 Å². The van der Waals surface area contributed by atoms with Gasteiger partial charge in [0.1, 0.15) is 0 Å². The molecule has 0 aliphatic carbocycles. The maximum absolute atomic E-state index is 5.25. The minimum Gasteiger partial charge on any atom is -0.383 e. The van der Waals surface area contributed by atoms with Crippen LogP contribution in [0.25, 0.3) is 0 Å². The molecule has 25 heavy (non-hydrogen) atoms. The van der Waals surface area contributed by atoms with Crippen molar-refractivity contribution in [1.82, 2.24) is 20.6 Å². The molecule has 0 unspecified atom stereocenters.